The maximum Gasteiger partial charge on any atom is 0.419 e. The molecule has 1 aromatic rings. The van der Waals surface area contributed by atoms with E-state index in [4.69, 9.17) is 4.74 Å². The molecule has 1 atom stereocenters. The van der Waals surface area contributed by atoms with Crippen LogP contribution in [0.4, 0.5) is 17.6 Å². The molecule has 0 aromatic heterocycles. The molecular weight excluding hydrogens is 276 g/mol. The van der Waals surface area contributed by atoms with Gasteiger partial charge in [-0.05, 0) is 17.7 Å². The summed E-state index contributed by atoms with van der Waals surface area (Å²) in [4.78, 5) is 1.72. The lowest BCUT2D eigenvalue weighted by Crippen LogP contribution is -2.38. The molecule has 1 aromatic carbocycles. The van der Waals surface area contributed by atoms with Crippen LogP contribution in [0, 0.1) is 17.1 Å². The van der Waals surface area contributed by atoms with Gasteiger partial charge in [0.25, 0.3) is 0 Å². The number of benzene rings is 1. The molecule has 1 unspecified atom stereocenters. The zero-order valence-corrected chi connectivity index (χ0v) is 10.5. The van der Waals surface area contributed by atoms with Crippen LogP contribution in [0.3, 0.4) is 0 Å². The second-order valence-corrected chi connectivity index (χ2v) is 4.42. The van der Waals surface area contributed by atoms with Gasteiger partial charge in [0.1, 0.15) is 11.9 Å². The van der Waals surface area contributed by atoms with Crippen LogP contribution in [0.15, 0.2) is 18.2 Å². The Bertz CT molecular complexity index is 518. The molecule has 3 nitrogen and oxygen atoms in total. The van der Waals surface area contributed by atoms with Crippen LogP contribution in [0.25, 0.3) is 0 Å². The van der Waals surface area contributed by atoms with Gasteiger partial charge in [-0.25, -0.2) is 4.39 Å². The normalized spacial score (nSPS) is 18.6. The van der Waals surface area contributed by atoms with Gasteiger partial charge >= 0.3 is 6.18 Å². The van der Waals surface area contributed by atoms with E-state index in [2.05, 4.69) is 0 Å². The van der Waals surface area contributed by atoms with Crippen molar-refractivity contribution in [3.63, 3.8) is 0 Å². The minimum atomic E-state index is -4.77. The molecule has 2 rings (SSSR count). The number of alkyl halides is 3. The highest BCUT2D eigenvalue weighted by atomic mass is 19.4. The molecule has 1 heterocycles. The van der Waals surface area contributed by atoms with Gasteiger partial charge in [-0.2, -0.15) is 18.4 Å². The number of hydrogen-bond donors (Lipinski definition) is 0. The number of hydrogen-bond acceptors (Lipinski definition) is 3. The van der Waals surface area contributed by atoms with Crippen LogP contribution in [0.1, 0.15) is 17.2 Å². The summed E-state index contributed by atoms with van der Waals surface area (Å²) < 4.78 is 56.4. The minimum Gasteiger partial charge on any atom is -0.379 e. The van der Waals surface area contributed by atoms with E-state index in [0.29, 0.717) is 32.4 Å². The van der Waals surface area contributed by atoms with E-state index >= 15 is 0 Å². The van der Waals surface area contributed by atoms with Crippen LogP contribution in [-0.2, 0) is 10.9 Å². The number of morpholine rings is 1. The molecule has 0 amide bonds. The molecule has 7 heteroatoms. The Morgan fingerprint density at radius 2 is 1.90 bits per heavy atom. The van der Waals surface area contributed by atoms with Gasteiger partial charge < -0.3 is 4.74 Å². The first kappa shape index (κ1) is 14.8. The van der Waals surface area contributed by atoms with E-state index < -0.39 is 23.6 Å². The smallest absolute Gasteiger partial charge is 0.379 e. The average molecular weight is 288 g/mol. The number of ether oxygens (including phenoxy) is 1. The zero-order chi connectivity index (χ0) is 14.8. The zero-order valence-electron chi connectivity index (χ0n) is 10.5. The fourth-order valence-electron chi connectivity index (χ4n) is 2.13. The molecule has 0 radical (unpaired) electrons. The van der Waals surface area contributed by atoms with Crippen LogP contribution in [-0.4, -0.2) is 31.2 Å². The summed E-state index contributed by atoms with van der Waals surface area (Å²) in [7, 11) is 0. The van der Waals surface area contributed by atoms with Gasteiger partial charge in [0.05, 0.1) is 24.8 Å². The van der Waals surface area contributed by atoms with Crippen molar-refractivity contribution in [2.75, 3.05) is 26.3 Å². The van der Waals surface area contributed by atoms with Crippen molar-refractivity contribution in [1.29, 1.82) is 5.26 Å². The molecule has 0 bridgehead atoms. The molecule has 1 saturated heterocycles. The Balaban J connectivity index is 2.33. The van der Waals surface area contributed by atoms with E-state index in [1.165, 1.54) is 6.07 Å². The topological polar surface area (TPSA) is 36.3 Å². The molecule has 20 heavy (non-hydrogen) atoms. The second-order valence-electron chi connectivity index (χ2n) is 4.42. The van der Waals surface area contributed by atoms with Gasteiger partial charge in [-0.1, -0.05) is 6.07 Å². The lowest BCUT2D eigenvalue weighted by Gasteiger charge is -2.30. The number of rotatable bonds is 2. The summed E-state index contributed by atoms with van der Waals surface area (Å²) in [6.45, 7) is 1.75. The third-order valence-electron chi connectivity index (χ3n) is 3.14. The Hall–Kier alpha value is -1.65. The van der Waals surface area contributed by atoms with Gasteiger partial charge in [0, 0.05) is 13.1 Å². The molecule has 0 spiro atoms. The van der Waals surface area contributed by atoms with E-state index in [0.717, 1.165) is 6.07 Å². The maximum absolute atomic E-state index is 13.2. The standard InChI is InChI=1S/C13H12F4N2O/c14-11-2-1-9(7-10(11)13(15,16)17)12(8-18)19-3-5-20-6-4-19/h1-2,7,12H,3-6H2. The summed E-state index contributed by atoms with van der Waals surface area (Å²) >= 11 is 0. The number of halogens is 4. The summed E-state index contributed by atoms with van der Waals surface area (Å²) in [6.07, 6.45) is -4.77. The Kier molecular flexibility index (Phi) is 4.26. The van der Waals surface area contributed by atoms with E-state index in [1.54, 1.807) is 4.90 Å². The van der Waals surface area contributed by atoms with Gasteiger partial charge in [-0.15, -0.1) is 0 Å². The Morgan fingerprint density at radius 1 is 1.25 bits per heavy atom. The molecule has 1 aliphatic heterocycles. The van der Waals surface area contributed by atoms with Gasteiger partial charge in [-0.3, -0.25) is 4.90 Å². The van der Waals surface area contributed by atoms with Crippen molar-refractivity contribution in [3.8, 4) is 6.07 Å². The van der Waals surface area contributed by atoms with Crippen molar-refractivity contribution < 1.29 is 22.3 Å². The first-order chi connectivity index (χ1) is 9.43. The summed E-state index contributed by atoms with van der Waals surface area (Å²) in [5.74, 6) is -1.33. The van der Waals surface area contributed by atoms with E-state index in [1.807, 2.05) is 6.07 Å². The second kappa shape index (κ2) is 5.77. The molecule has 108 valence electrons. The van der Waals surface area contributed by atoms with Crippen molar-refractivity contribution in [2.45, 2.75) is 12.2 Å². The van der Waals surface area contributed by atoms with E-state index in [9.17, 15) is 22.8 Å². The van der Waals surface area contributed by atoms with Gasteiger partial charge in [0.15, 0.2) is 0 Å². The third-order valence-corrected chi connectivity index (χ3v) is 3.14. The first-order valence-corrected chi connectivity index (χ1v) is 6.01. The maximum atomic E-state index is 13.2. The van der Waals surface area contributed by atoms with Crippen molar-refractivity contribution >= 4 is 0 Å². The molecule has 0 N–H and O–H groups in total. The number of nitriles is 1. The lowest BCUT2D eigenvalue weighted by atomic mass is 10.0. The summed E-state index contributed by atoms with van der Waals surface area (Å²) in [5.41, 5.74) is -1.20. The first-order valence-electron chi connectivity index (χ1n) is 6.01. The highest BCUT2D eigenvalue weighted by Gasteiger charge is 2.35. The quantitative estimate of drug-likeness (QED) is 0.785. The molecule has 1 fully saturated rings. The molecule has 0 aliphatic carbocycles. The number of nitrogens with zero attached hydrogens (tertiary/aromatic N) is 2. The Morgan fingerprint density at radius 3 is 2.45 bits per heavy atom. The van der Waals surface area contributed by atoms with Crippen LogP contribution >= 0.6 is 0 Å². The van der Waals surface area contributed by atoms with Crippen molar-refractivity contribution in [3.05, 3.63) is 35.1 Å². The van der Waals surface area contributed by atoms with Crippen LogP contribution in [0.2, 0.25) is 0 Å². The summed E-state index contributed by atoms with van der Waals surface area (Å²) in [6, 6.07) is 3.81. The SMILES string of the molecule is N#CC(c1ccc(F)c(C(F)(F)F)c1)N1CCOCC1. The fraction of sp³-hybridized carbons (Fsp3) is 0.462. The largest absolute Gasteiger partial charge is 0.419 e. The Labute approximate surface area is 113 Å². The highest BCUT2D eigenvalue weighted by molar-refractivity contribution is 5.32. The monoisotopic (exact) mass is 288 g/mol. The van der Waals surface area contributed by atoms with Crippen LogP contribution < -0.4 is 0 Å². The van der Waals surface area contributed by atoms with Gasteiger partial charge in [0.2, 0.25) is 0 Å². The van der Waals surface area contributed by atoms with Crippen molar-refractivity contribution in [2.24, 2.45) is 0 Å². The van der Waals surface area contributed by atoms with E-state index in [-0.39, 0.29) is 5.56 Å². The predicted octanol–water partition coefficient (Wildman–Crippen LogP) is 2.74. The highest BCUT2D eigenvalue weighted by Crippen LogP contribution is 2.34. The fourth-order valence-corrected chi connectivity index (χ4v) is 2.13. The third kappa shape index (κ3) is 3.08. The predicted molar refractivity (Wildman–Crippen MR) is 62.1 cm³/mol. The van der Waals surface area contributed by atoms with Crippen molar-refractivity contribution in [1.82, 2.24) is 4.90 Å². The summed E-state index contributed by atoms with van der Waals surface area (Å²) in [5, 5.41) is 9.19. The average Bonchev–Trinajstić information content (AvgIpc) is 2.41. The molecular formula is C13H12F4N2O. The molecule has 1 aliphatic rings. The molecule has 0 saturated carbocycles. The van der Waals surface area contributed by atoms with Crippen LogP contribution in [0.5, 0.6) is 0 Å². The lowest BCUT2D eigenvalue weighted by molar-refractivity contribution is -0.140. The minimum absolute atomic E-state index is 0.142.